The van der Waals surface area contributed by atoms with Crippen molar-refractivity contribution in [3.63, 3.8) is 0 Å². The number of nitrogens with two attached hydrogens (primary N) is 1. The van der Waals surface area contributed by atoms with Crippen LogP contribution >= 0.6 is 0 Å². The smallest absolute Gasteiger partial charge is 0.212 e. The summed E-state index contributed by atoms with van der Waals surface area (Å²) in [4.78, 5) is 4.52. The van der Waals surface area contributed by atoms with E-state index in [-0.39, 0.29) is 10.9 Å². The fourth-order valence-electron chi connectivity index (χ4n) is 1.86. The molecule has 2 rings (SSSR count). The van der Waals surface area contributed by atoms with Crippen LogP contribution in [0.15, 0.2) is 27.5 Å². The molecule has 0 aliphatic carbocycles. The van der Waals surface area contributed by atoms with E-state index >= 15 is 0 Å². The molecule has 0 spiro atoms. The summed E-state index contributed by atoms with van der Waals surface area (Å²) >= 11 is 0. The Bertz CT molecular complexity index is 676. The third-order valence-electron chi connectivity index (χ3n) is 2.99. The molecule has 0 saturated heterocycles. The number of sulfone groups is 1. The highest BCUT2D eigenvalue weighted by Gasteiger charge is 2.15. The zero-order valence-electron chi connectivity index (χ0n) is 11.1. The van der Waals surface area contributed by atoms with Gasteiger partial charge in [-0.05, 0) is 24.6 Å². The fourth-order valence-corrected chi connectivity index (χ4v) is 2.50. The van der Waals surface area contributed by atoms with E-state index in [0.717, 1.165) is 19.3 Å². The molecule has 1 heterocycles. The van der Waals surface area contributed by atoms with E-state index in [4.69, 9.17) is 10.2 Å². The first-order chi connectivity index (χ1) is 8.91. The molecule has 19 heavy (non-hydrogen) atoms. The van der Waals surface area contributed by atoms with Crippen LogP contribution in [0, 0.1) is 0 Å². The van der Waals surface area contributed by atoms with Gasteiger partial charge in [0, 0.05) is 6.26 Å². The second kappa shape index (κ2) is 5.30. The maximum atomic E-state index is 11.5. The van der Waals surface area contributed by atoms with Crippen LogP contribution in [0.2, 0.25) is 0 Å². The molecule has 2 aromatic rings. The first-order valence-electron chi connectivity index (χ1n) is 6.28. The molecule has 104 valence electrons. The minimum atomic E-state index is -3.23. The topological polar surface area (TPSA) is 86.2 Å². The molecule has 0 radical (unpaired) electrons. The molecule has 6 heteroatoms. The summed E-state index contributed by atoms with van der Waals surface area (Å²) in [5.41, 5.74) is 7.09. The lowest BCUT2D eigenvalue weighted by Crippen LogP contribution is -2.10. The van der Waals surface area contributed by atoms with Crippen molar-refractivity contribution in [1.82, 2.24) is 4.98 Å². The van der Waals surface area contributed by atoms with Gasteiger partial charge in [-0.3, -0.25) is 0 Å². The number of hydrogen-bond acceptors (Lipinski definition) is 5. The Morgan fingerprint density at radius 2 is 2.16 bits per heavy atom. The highest BCUT2D eigenvalue weighted by Crippen LogP contribution is 2.24. The third-order valence-corrected chi connectivity index (χ3v) is 4.10. The van der Waals surface area contributed by atoms with E-state index in [0.29, 0.717) is 17.0 Å². The van der Waals surface area contributed by atoms with Crippen molar-refractivity contribution in [2.24, 2.45) is 5.73 Å². The summed E-state index contributed by atoms with van der Waals surface area (Å²) in [6.45, 7) is 2.09. The zero-order valence-corrected chi connectivity index (χ0v) is 11.9. The summed E-state index contributed by atoms with van der Waals surface area (Å²) in [6.07, 6.45) is 4.05. The Hall–Kier alpha value is -1.40. The monoisotopic (exact) mass is 282 g/mol. The van der Waals surface area contributed by atoms with Crippen molar-refractivity contribution in [3.8, 4) is 0 Å². The van der Waals surface area contributed by atoms with Gasteiger partial charge in [0.05, 0.1) is 10.9 Å². The summed E-state index contributed by atoms with van der Waals surface area (Å²) < 4.78 is 28.5. The summed E-state index contributed by atoms with van der Waals surface area (Å²) in [6, 6.07) is 4.41. The minimum absolute atomic E-state index is 0.238. The second-order valence-corrected chi connectivity index (χ2v) is 6.72. The molecule has 0 aliphatic heterocycles. The zero-order chi connectivity index (χ0) is 14.0. The number of oxazole rings is 1. The van der Waals surface area contributed by atoms with Gasteiger partial charge >= 0.3 is 0 Å². The van der Waals surface area contributed by atoms with Gasteiger partial charge in [-0.2, -0.15) is 0 Å². The molecule has 5 nitrogen and oxygen atoms in total. The van der Waals surface area contributed by atoms with Gasteiger partial charge < -0.3 is 10.2 Å². The largest absolute Gasteiger partial charge is 0.439 e. The normalized spacial score (nSPS) is 13.8. The summed E-state index contributed by atoms with van der Waals surface area (Å²) in [7, 11) is -3.23. The lowest BCUT2D eigenvalue weighted by Gasteiger charge is -2.04. The van der Waals surface area contributed by atoms with Gasteiger partial charge in [-0.15, -0.1) is 0 Å². The second-order valence-electron chi connectivity index (χ2n) is 4.70. The summed E-state index contributed by atoms with van der Waals surface area (Å²) in [5.74, 6) is 0.467. The summed E-state index contributed by atoms with van der Waals surface area (Å²) in [5, 5.41) is 0. The lowest BCUT2D eigenvalue weighted by atomic mass is 10.1. The molecule has 2 N–H and O–H groups in total. The fraction of sp³-hybridized carbons (Fsp3) is 0.462. The maximum absolute atomic E-state index is 11.5. The van der Waals surface area contributed by atoms with Crippen LogP contribution in [-0.4, -0.2) is 19.7 Å². The van der Waals surface area contributed by atoms with Crippen LogP contribution in [0.3, 0.4) is 0 Å². The highest BCUT2D eigenvalue weighted by atomic mass is 32.2. The molecule has 0 fully saturated rings. The van der Waals surface area contributed by atoms with Crippen molar-refractivity contribution >= 4 is 20.9 Å². The molecule has 0 bridgehead atoms. The van der Waals surface area contributed by atoms with Gasteiger partial charge in [0.2, 0.25) is 5.89 Å². The Morgan fingerprint density at radius 1 is 1.42 bits per heavy atom. The molecule has 0 amide bonds. The third kappa shape index (κ3) is 3.13. The van der Waals surface area contributed by atoms with Crippen LogP contribution < -0.4 is 5.73 Å². The molecule has 1 unspecified atom stereocenters. The number of hydrogen-bond donors (Lipinski definition) is 1. The number of aromatic nitrogens is 1. The molecular formula is C13H18N2O3S. The van der Waals surface area contributed by atoms with Crippen molar-refractivity contribution < 1.29 is 12.8 Å². The van der Waals surface area contributed by atoms with E-state index in [1.807, 2.05) is 0 Å². The van der Waals surface area contributed by atoms with Crippen molar-refractivity contribution in [1.29, 1.82) is 0 Å². The lowest BCUT2D eigenvalue weighted by molar-refractivity contribution is 0.450. The number of unbranched alkanes of at least 4 members (excludes halogenated alkanes) is 1. The van der Waals surface area contributed by atoms with Crippen molar-refractivity contribution in [2.75, 3.05) is 6.26 Å². The predicted molar refractivity (Wildman–Crippen MR) is 73.6 cm³/mol. The number of fused-ring (bicyclic) bond motifs is 1. The van der Waals surface area contributed by atoms with Crippen LogP contribution in [-0.2, 0) is 9.84 Å². The Morgan fingerprint density at radius 3 is 2.79 bits per heavy atom. The van der Waals surface area contributed by atoms with Crippen molar-refractivity contribution in [3.05, 3.63) is 24.1 Å². The van der Waals surface area contributed by atoms with Gasteiger partial charge in [0.15, 0.2) is 15.4 Å². The van der Waals surface area contributed by atoms with Gasteiger partial charge in [0.1, 0.15) is 5.52 Å². The Labute approximate surface area is 112 Å². The van der Waals surface area contributed by atoms with E-state index in [1.54, 1.807) is 6.07 Å². The number of nitrogens with zero attached hydrogens (tertiary/aromatic N) is 1. The average molecular weight is 282 g/mol. The van der Waals surface area contributed by atoms with Crippen molar-refractivity contribution in [2.45, 2.75) is 37.1 Å². The predicted octanol–water partition coefficient (Wildman–Crippen LogP) is 2.42. The SMILES string of the molecule is CCCCC(N)c1nc2cc(S(C)(=O)=O)ccc2o1. The van der Waals surface area contributed by atoms with E-state index in [2.05, 4.69) is 11.9 Å². The molecular weight excluding hydrogens is 264 g/mol. The van der Waals surface area contributed by atoms with Crippen LogP contribution in [0.5, 0.6) is 0 Å². The van der Waals surface area contributed by atoms with Gasteiger partial charge in [-0.25, -0.2) is 13.4 Å². The molecule has 0 aliphatic rings. The Balaban J connectivity index is 2.35. The first-order valence-corrected chi connectivity index (χ1v) is 8.17. The first kappa shape index (κ1) is 14.0. The maximum Gasteiger partial charge on any atom is 0.212 e. The highest BCUT2D eigenvalue weighted by molar-refractivity contribution is 7.90. The van der Waals surface area contributed by atoms with E-state index in [1.165, 1.54) is 18.4 Å². The number of rotatable bonds is 5. The molecule has 1 aromatic carbocycles. The average Bonchev–Trinajstić information content (AvgIpc) is 2.77. The van der Waals surface area contributed by atoms with E-state index < -0.39 is 9.84 Å². The molecule has 1 atom stereocenters. The van der Waals surface area contributed by atoms with Crippen LogP contribution in [0.4, 0.5) is 0 Å². The number of benzene rings is 1. The minimum Gasteiger partial charge on any atom is -0.439 e. The Kier molecular flexibility index (Phi) is 3.91. The quantitative estimate of drug-likeness (QED) is 0.910. The standard InChI is InChI=1S/C13H18N2O3S/c1-3-4-5-10(14)13-15-11-8-9(19(2,16)17)6-7-12(11)18-13/h6-8,10H,3-5,14H2,1-2H3. The van der Waals surface area contributed by atoms with Crippen LogP contribution in [0.25, 0.3) is 11.1 Å². The van der Waals surface area contributed by atoms with Gasteiger partial charge in [-0.1, -0.05) is 19.8 Å². The van der Waals surface area contributed by atoms with E-state index in [9.17, 15) is 8.42 Å². The van der Waals surface area contributed by atoms with Crippen LogP contribution in [0.1, 0.15) is 38.1 Å². The molecule has 0 saturated carbocycles. The van der Waals surface area contributed by atoms with Gasteiger partial charge in [0.25, 0.3) is 0 Å². The molecule has 1 aromatic heterocycles.